The summed E-state index contributed by atoms with van der Waals surface area (Å²) in [6, 6.07) is 45.6. The molecular weight excluding hydrogens is 545 g/mol. The minimum atomic E-state index is 0.849. The average Bonchev–Trinajstić information content (AvgIpc) is 3.64. The summed E-state index contributed by atoms with van der Waals surface area (Å²) in [5.41, 5.74) is 8.59. The summed E-state index contributed by atoms with van der Waals surface area (Å²) in [4.78, 5) is 3.61. The fraction of sp³-hybridized carbons (Fsp3) is 0.0256. The molecule has 0 saturated heterocycles. The number of para-hydroxylation sites is 2. The lowest BCUT2D eigenvalue weighted by atomic mass is 10.0. The van der Waals surface area contributed by atoms with E-state index in [1.807, 2.05) is 23.5 Å². The van der Waals surface area contributed by atoms with E-state index in [1.54, 1.807) is 0 Å². The van der Waals surface area contributed by atoms with Crippen molar-refractivity contribution in [2.75, 3.05) is 16.8 Å². The maximum Gasteiger partial charge on any atom is 0.159 e. The van der Waals surface area contributed by atoms with Crippen molar-refractivity contribution in [1.82, 2.24) is 0 Å². The average molecular weight is 571 g/mol. The predicted octanol–water partition coefficient (Wildman–Crippen LogP) is 11.5. The summed E-state index contributed by atoms with van der Waals surface area (Å²) < 4.78 is 7.82. The maximum atomic E-state index is 6.54. The van der Waals surface area contributed by atoms with E-state index in [0.717, 1.165) is 45.5 Å². The van der Waals surface area contributed by atoms with Crippen LogP contribution in [0.4, 0.5) is 22.7 Å². The van der Waals surface area contributed by atoms with Crippen LogP contribution in [-0.4, -0.2) is 6.54 Å². The molecule has 0 aliphatic carbocycles. The Labute approximate surface area is 252 Å². The van der Waals surface area contributed by atoms with E-state index < -0.39 is 0 Å². The van der Waals surface area contributed by atoms with Gasteiger partial charge in [-0.25, -0.2) is 0 Å². The van der Waals surface area contributed by atoms with Gasteiger partial charge in [0.25, 0.3) is 0 Å². The fourth-order valence-electron chi connectivity index (χ4n) is 6.38. The Bertz CT molecular complexity index is 2360. The zero-order chi connectivity index (χ0) is 28.3. The molecule has 0 radical (unpaired) electrons. The molecule has 3 heterocycles. The number of hydrogen-bond acceptors (Lipinski definition) is 4. The first-order chi connectivity index (χ1) is 21.3. The number of anilines is 4. The molecule has 0 atom stereocenters. The summed E-state index contributed by atoms with van der Waals surface area (Å²) in [5.74, 6) is 0. The smallest absolute Gasteiger partial charge is 0.159 e. The summed E-state index contributed by atoms with van der Waals surface area (Å²) in [5, 5.41) is 9.60. The first-order valence-electron chi connectivity index (χ1n) is 14.6. The molecule has 6 aromatic carbocycles. The van der Waals surface area contributed by atoms with Crippen LogP contribution in [0.2, 0.25) is 0 Å². The number of fused-ring (bicyclic) bond motifs is 7. The van der Waals surface area contributed by atoms with Crippen molar-refractivity contribution in [2.45, 2.75) is 0 Å². The topological polar surface area (TPSA) is 28.4 Å². The van der Waals surface area contributed by atoms with E-state index in [-0.39, 0.29) is 0 Å². The number of nitrogens with zero attached hydrogens (tertiary/aromatic N) is 1. The molecule has 43 heavy (non-hydrogen) atoms. The van der Waals surface area contributed by atoms with Gasteiger partial charge in [0.2, 0.25) is 0 Å². The highest BCUT2D eigenvalue weighted by molar-refractivity contribution is 7.20. The number of furan rings is 1. The monoisotopic (exact) mass is 570 g/mol. The van der Waals surface area contributed by atoms with Crippen molar-refractivity contribution in [3.05, 3.63) is 138 Å². The van der Waals surface area contributed by atoms with Crippen molar-refractivity contribution in [1.29, 1.82) is 0 Å². The van der Waals surface area contributed by atoms with Crippen LogP contribution in [0.5, 0.6) is 0 Å². The summed E-state index contributed by atoms with van der Waals surface area (Å²) in [6.07, 6.45) is 4.42. The number of hydrogen-bond donors (Lipinski definition) is 1. The minimum absolute atomic E-state index is 0.849. The molecule has 204 valence electrons. The van der Waals surface area contributed by atoms with Crippen molar-refractivity contribution in [3.63, 3.8) is 0 Å². The van der Waals surface area contributed by atoms with Gasteiger partial charge in [-0.05, 0) is 76.5 Å². The van der Waals surface area contributed by atoms with E-state index in [2.05, 4.69) is 138 Å². The highest BCUT2D eigenvalue weighted by atomic mass is 32.1. The molecule has 4 heteroatoms. The predicted molar refractivity (Wildman–Crippen MR) is 184 cm³/mol. The Hall–Kier alpha value is -5.32. The molecule has 9 rings (SSSR count). The van der Waals surface area contributed by atoms with Gasteiger partial charge < -0.3 is 14.6 Å². The second-order valence-corrected chi connectivity index (χ2v) is 12.1. The minimum Gasteiger partial charge on any atom is -0.454 e. The first kappa shape index (κ1) is 24.3. The summed E-state index contributed by atoms with van der Waals surface area (Å²) in [7, 11) is 0. The molecule has 8 aromatic rings. The van der Waals surface area contributed by atoms with Crippen LogP contribution in [0.1, 0.15) is 4.88 Å². The van der Waals surface area contributed by atoms with E-state index in [0.29, 0.717) is 0 Å². The molecule has 0 bridgehead atoms. The first-order valence-corrected chi connectivity index (χ1v) is 15.4. The van der Waals surface area contributed by atoms with Gasteiger partial charge in [0.15, 0.2) is 5.58 Å². The standard InChI is InChI=1S/C39H26N2OS/c1-2-8-27-23-28(15-14-25(27)7-1)26-16-18-29(19-17-26)41(30-20-21-36-33(24-30)38-37(43-36)13-6-22-40-38)34-11-5-10-32-31-9-3-4-12-35(31)42-39(32)34/h1-21,23-24,40H,22H2. The van der Waals surface area contributed by atoms with Crippen LogP contribution in [0, 0.1) is 0 Å². The van der Waals surface area contributed by atoms with Crippen LogP contribution in [0.15, 0.2) is 138 Å². The number of benzene rings is 6. The van der Waals surface area contributed by atoms with Gasteiger partial charge >= 0.3 is 0 Å². The zero-order valence-corrected chi connectivity index (χ0v) is 24.1. The van der Waals surface area contributed by atoms with Gasteiger partial charge in [-0.1, -0.05) is 84.9 Å². The lowest BCUT2D eigenvalue weighted by molar-refractivity contribution is 0.669. The van der Waals surface area contributed by atoms with Crippen molar-refractivity contribution >= 4 is 83.0 Å². The van der Waals surface area contributed by atoms with Crippen LogP contribution in [0.25, 0.3) is 60.0 Å². The van der Waals surface area contributed by atoms with Crippen molar-refractivity contribution < 1.29 is 4.42 Å². The molecule has 0 saturated carbocycles. The van der Waals surface area contributed by atoms with E-state index in [1.165, 1.54) is 42.6 Å². The SMILES string of the molecule is C1=Cc2sc3ccc(N(c4ccc(-c5ccc6ccccc6c5)cc4)c4cccc5c4oc4ccccc45)cc3c2NC1. The van der Waals surface area contributed by atoms with Crippen LogP contribution in [0.3, 0.4) is 0 Å². The highest BCUT2D eigenvalue weighted by Gasteiger charge is 2.21. The van der Waals surface area contributed by atoms with Gasteiger partial charge in [0.1, 0.15) is 5.58 Å². The molecule has 1 N–H and O–H groups in total. The lowest BCUT2D eigenvalue weighted by Gasteiger charge is -2.26. The van der Waals surface area contributed by atoms with Crippen LogP contribution < -0.4 is 10.2 Å². The molecule has 1 aliphatic heterocycles. The van der Waals surface area contributed by atoms with Crippen LogP contribution >= 0.6 is 11.3 Å². The Morgan fingerprint density at radius 1 is 0.628 bits per heavy atom. The van der Waals surface area contributed by atoms with Crippen molar-refractivity contribution in [3.8, 4) is 11.1 Å². The van der Waals surface area contributed by atoms with E-state index in [9.17, 15) is 0 Å². The highest BCUT2D eigenvalue weighted by Crippen LogP contribution is 2.45. The second-order valence-electron chi connectivity index (χ2n) is 11.0. The van der Waals surface area contributed by atoms with Crippen molar-refractivity contribution in [2.24, 2.45) is 0 Å². The lowest BCUT2D eigenvalue weighted by Crippen LogP contribution is -2.10. The normalized spacial score (nSPS) is 12.7. The molecular formula is C39H26N2OS. The third-order valence-corrected chi connectivity index (χ3v) is 9.59. The Balaban J connectivity index is 1.23. The number of rotatable bonds is 4. The van der Waals surface area contributed by atoms with Gasteiger partial charge in [-0.2, -0.15) is 0 Å². The van der Waals surface area contributed by atoms with Crippen LogP contribution in [-0.2, 0) is 0 Å². The molecule has 1 aliphatic rings. The molecule has 0 spiro atoms. The number of nitrogens with one attached hydrogen (secondary N) is 1. The molecule has 0 unspecified atom stereocenters. The zero-order valence-electron chi connectivity index (χ0n) is 23.2. The summed E-state index contributed by atoms with van der Waals surface area (Å²) >= 11 is 1.83. The van der Waals surface area contributed by atoms with Gasteiger partial charge in [-0.3, -0.25) is 0 Å². The Kier molecular flexibility index (Phi) is 5.43. The molecule has 0 fully saturated rings. The Morgan fingerprint density at radius 2 is 1.42 bits per heavy atom. The quantitative estimate of drug-likeness (QED) is 0.228. The largest absolute Gasteiger partial charge is 0.454 e. The van der Waals surface area contributed by atoms with E-state index in [4.69, 9.17) is 4.42 Å². The molecule has 2 aromatic heterocycles. The third kappa shape index (κ3) is 3.95. The van der Waals surface area contributed by atoms with E-state index >= 15 is 0 Å². The van der Waals surface area contributed by atoms with Gasteiger partial charge in [0.05, 0.1) is 16.3 Å². The third-order valence-electron chi connectivity index (χ3n) is 8.46. The molecule has 3 nitrogen and oxygen atoms in total. The maximum absolute atomic E-state index is 6.54. The fourth-order valence-corrected chi connectivity index (χ4v) is 7.47. The Morgan fingerprint density at radius 3 is 2.35 bits per heavy atom. The van der Waals surface area contributed by atoms with Gasteiger partial charge in [0, 0.05) is 38.8 Å². The molecule has 0 amide bonds. The summed E-state index contributed by atoms with van der Waals surface area (Å²) in [6.45, 7) is 0.849. The second kappa shape index (κ2) is 9.62. The number of thiophene rings is 1. The van der Waals surface area contributed by atoms with Gasteiger partial charge in [-0.15, -0.1) is 11.3 Å².